The van der Waals surface area contributed by atoms with Crippen LogP contribution in [0.15, 0.2) is 79.1 Å². The van der Waals surface area contributed by atoms with Crippen molar-refractivity contribution in [1.82, 2.24) is 10.3 Å². The fourth-order valence-electron chi connectivity index (χ4n) is 2.58. The summed E-state index contributed by atoms with van der Waals surface area (Å²) in [5.41, 5.74) is 4.44. The Morgan fingerprint density at radius 3 is 2.33 bits per heavy atom. The molecule has 0 bridgehead atoms. The second kappa shape index (κ2) is 7.70. The molecule has 0 saturated heterocycles. The molecule has 3 aromatic rings. The highest BCUT2D eigenvalue weighted by Crippen LogP contribution is 2.21. The van der Waals surface area contributed by atoms with Gasteiger partial charge in [-0.3, -0.25) is 4.98 Å². The average Bonchev–Trinajstić information content (AvgIpc) is 2.61. The predicted octanol–water partition coefficient (Wildman–Crippen LogP) is 4.47. The van der Waals surface area contributed by atoms with E-state index < -0.39 is 0 Å². The molecule has 120 valence electrons. The van der Waals surface area contributed by atoms with E-state index in [0.29, 0.717) is 5.11 Å². The van der Waals surface area contributed by atoms with Gasteiger partial charge in [0, 0.05) is 18.1 Å². The molecule has 0 aliphatic rings. The van der Waals surface area contributed by atoms with Gasteiger partial charge in [0.2, 0.25) is 0 Å². The largest absolute Gasteiger partial charge is 0.352 e. The second-order valence-electron chi connectivity index (χ2n) is 5.59. The topological polar surface area (TPSA) is 37.0 Å². The summed E-state index contributed by atoms with van der Waals surface area (Å²) in [5, 5.41) is 7.26. The van der Waals surface area contributed by atoms with Gasteiger partial charge in [0.25, 0.3) is 0 Å². The first-order valence-corrected chi connectivity index (χ1v) is 8.22. The molecular weight excluding hydrogens is 314 g/mol. The molecule has 0 aliphatic heterocycles. The Balaban J connectivity index is 1.80. The van der Waals surface area contributed by atoms with Gasteiger partial charge in [-0.2, -0.15) is 0 Å². The minimum Gasteiger partial charge on any atom is -0.352 e. The first kappa shape index (κ1) is 16.1. The van der Waals surface area contributed by atoms with Crippen LogP contribution in [0.25, 0.3) is 0 Å². The fraction of sp³-hybridized carbons (Fsp3) is 0.100. The summed E-state index contributed by atoms with van der Waals surface area (Å²) in [4.78, 5) is 4.10. The number of hydrogen-bond donors (Lipinski definition) is 2. The van der Waals surface area contributed by atoms with E-state index in [4.69, 9.17) is 12.2 Å². The Labute approximate surface area is 147 Å². The number of hydrogen-bond acceptors (Lipinski definition) is 2. The van der Waals surface area contributed by atoms with Crippen molar-refractivity contribution in [2.45, 2.75) is 13.0 Å². The normalized spacial score (nSPS) is 11.5. The predicted molar refractivity (Wildman–Crippen MR) is 103 cm³/mol. The standard InChI is InChI=1S/C20H19N3S/c1-15-6-5-9-18(14-15)22-20(24)23-19(16-7-3-2-4-8-16)17-10-12-21-13-11-17/h2-14,19H,1H3,(H2,22,23,24)/t19-/m1/s1. The van der Waals surface area contributed by atoms with E-state index >= 15 is 0 Å². The van der Waals surface area contributed by atoms with E-state index in [2.05, 4.69) is 46.8 Å². The molecule has 3 rings (SSSR count). The van der Waals surface area contributed by atoms with Crippen molar-refractivity contribution in [3.63, 3.8) is 0 Å². The van der Waals surface area contributed by atoms with Gasteiger partial charge in [0.15, 0.2) is 5.11 Å². The number of anilines is 1. The Hall–Kier alpha value is -2.72. The Morgan fingerprint density at radius 2 is 1.62 bits per heavy atom. The van der Waals surface area contributed by atoms with Crippen LogP contribution in [0.2, 0.25) is 0 Å². The minimum atomic E-state index is -0.0287. The third kappa shape index (κ3) is 4.18. The van der Waals surface area contributed by atoms with Crippen molar-refractivity contribution in [2.75, 3.05) is 5.32 Å². The van der Waals surface area contributed by atoms with Crippen LogP contribution in [0.3, 0.4) is 0 Å². The van der Waals surface area contributed by atoms with Crippen molar-refractivity contribution in [1.29, 1.82) is 0 Å². The second-order valence-corrected chi connectivity index (χ2v) is 6.00. The Kier molecular flexibility index (Phi) is 5.18. The summed E-state index contributed by atoms with van der Waals surface area (Å²) in [6.45, 7) is 2.06. The Morgan fingerprint density at radius 1 is 0.917 bits per heavy atom. The summed E-state index contributed by atoms with van der Waals surface area (Å²) in [5.74, 6) is 0. The van der Waals surface area contributed by atoms with Crippen molar-refractivity contribution in [3.8, 4) is 0 Å². The summed E-state index contributed by atoms with van der Waals surface area (Å²) in [7, 11) is 0. The van der Waals surface area contributed by atoms with Crippen LogP contribution >= 0.6 is 12.2 Å². The highest BCUT2D eigenvalue weighted by Gasteiger charge is 2.15. The molecule has 2 N–H and O–H groups in total. The first-order valence-electron chi connectivity index (χ1n) is 7.81. The van der Waals surface area contributed by atoms with Crippen LogP contribution in [0.5, 0.6) is 0 Å². The molecular formula is C20H19N3S. The summed E-state index contributed by atoms with van der Waals surface area (Å²) in [6, 6.07) is 22.4. The number of thiocarbonyl (C=S) groups is 1. The molecule has 24 heavy (non-hydrogen) atoms. The van der Waals surface area contributed by atoms with E-state index in [9.17, 15) is 0 Å². The number of benzene rings is 2. The highest BCUT2D eigenvalue weighted by molar-refractivity contribution is 7.80. The van der Waals surface area contributed by atoms with E-state index in [-0.39, 0.29) is 6.04 Å². The minimum absolute atomic E-state index is 0.0287. The van der Waals surface area contributed by atoms with Crippen LogP contribution in [0.4, 0.5) is 5.69 Å². The van der Waals surface area contributed by atoms with Crippen molar-refractivity contribution < 1.29 is 0 Å². The molecule has 0 amide bonds. The van der Waals surface area contributed by atoms with E-state index in [1.807, 2.05) is 42.5 Å². The maximum atomic E-state index is 5.52. The number of pyridine rings is 1. The van der Waals surface area contributed by atoms with Gasteiger partial charge < -0.3 is 10.6 Å². The smallest absolute Gasteiger partial charge is 0.171 e. The van der Waals surface area contributed by atoms with Gasteiger partial charge in [-0.1, -0.05) is 42.5 Å². The molecule has 0 radical (unpaired) electrons. The molecule has 0 aliphatic carbocycles. The third-order valence-electron chi connectivity index (χ3n) is 3.72. The van der Waals surface area contributed by atoms with Crippen molar-refractivity contribution >= 4 is 23.0 Å². The van der Waals surface area contributed by atoms with E-state index in [0.717, 1.165) is 16.8 Å². The zero-order valence-corrected chi connectivity index (χ0v) is 14.3. The van der Waals surface area contributed by atoms with Crippen LogP contribution in [-0.4, -0.2) is 10.1 Å². The quantitative estimate of drug-likeness (QED) is 0.691. The molecule has 1 aromatic heterocycles. The van der Waals surface area contributed by atoms with Crippen LogP contribution in [-0.2, 0) is 0 Å². The van der Waals surface area contributed by atoms with Gasteiger partial charge in [0.1, 0.15) is 0 Å². The maximum Gasteiger partial charge on any atom is 0.171 e. The average molecular weight is 333 g/mol. The van der Waals surface area contributed by atoms with Gasteiger partial charge in [0.05, 0.1) is 6.04 Å². The number of rotatable bonds is 4. The molecule has 2 aromatic carbocycles. The zero-order valence-electron chi connectivity index (χ0n) is 13.4. The Bertz CT molecular complexity index is 764. The van der Waals surface area contributed by atoms with E-state index in [1.165, 1.54) is 5.56 Å². The number of aromatic nitrogens is 1. The number of aryl methyl sites for hydroxylation is 1. The van der Waals surface area contributed by atoms with Crippen LogP contribution < -0.4 is 10.6 Å². The lowest BCUT2D eigenvalue weighted by Gasteiger charge is -2.22. The summed E-state index contributed by atoms with van der Waals surface area (Å²) < 4.78 is 0. The van der Waals surface area contributed by atoms with Crippen LogP contribution in [0, 0.1) is 6.92 Å². The molecule has 0 unspecified atom stereocenters. The molecule has 0 saturated carbocycles. The lowest BCUT2D eigenvalue weighted by molar-refractivity contribution is 0.767. The summed E-state index contributed by atoms with van der Waals surface area (Å²) >= 11 is 5.52. The molecule has 0 spiro atoms. The molecule has 0 fully saturated rings. The highest BCUT2D eigenvalue weighted by atomic mass is 32.1. The SMILES string of the molecule is Cc1cccc(NC(=S)N[C@H](c2ccccc2)c2ccncc2)c1. The number of nitrogens with zero attached hydrogens (tertiary/aromatic N) is 1. The molecule has 1 heterocycles. The maximum absolute atomic E-state index is 5.52. The van der Waals surface area contributed by atoms with Gasteiger partial charge in [-0.05, 0) is 60.1 Å². The van der Waals surface area contributed by atoms with Crippen LogP contribution in [0.1, 0.15) is 22.7 Å². The lowest BCUT2D eigenvalue weighted by Crippen LogP contribution is -2.33. The van der Waals surface area contributed by atoms with Crippen molar-refractivity contribution in [2.24, 2.45) is 0 Å². The van der Waals surface area contributed by atoms with Gasteiger partial charge in [-0.25, -0.2) is 0 Å². The molecule has 4 heteroatoms. The fourth-order valence-corrected chi connectivity index (χ4v) is 2.82. The summed E-state index contributed by atoms with van der Waals surface area (Å²) in [6.07, 6.45) is 3.59. The van der Waals surface area contributed by atoms with Gasteiger partial charge in [-0.15, -0.1) is 0 Å². The van der Waals surface area contributed by atoms with Gasteiger partial charge >= 0.3 is 0 Å². The first-order chi connectivity index (χ1) is 11.7. The van der Waals surface area contributed by atoms with Crippen molar-refractivity contribution in [3.05, 3.63) is 95.8 Å². The monoisotopic (exact) mass is 333 g/mol. The van der Waals surface area contributed by atoms with E-state index in [1.54, 1.807) is 12.4 Å². The molecule has 1 atom stereocenters. The number of nitrogens with one attached hydrogen (secondary N) is 2. The lowest BCUT2D eigenvalue weighted by atomic mass is 10.00. The third-order valence-corrected chi connectivity index (χ3v) is 3.94. The zero-order chi connectivity index (χ0) is 16.8. The molecule has 3 nitrogen and oxygen atoms in total.